The second-order valence-electron chi connectivity index (χ2n) is 4.03. The first kappa shape index (κ1) is 10.3. The first-order valence-corrected chi connectivity index (χ1v) is 5.45. The minimum Gasteiger partial charge on any atom is -0.378 e. The van der Waals surface area contributed by atoms with Gasteiger partial charge in [-0.3, -0.25) is 0 Å². The Hall–Kier alpha value is 0.250. The van der Waals surface area contributed by atoms with E-state index in [1.807, 2.05) is 0 Å². The molecule has 0 radical (unpaired) electrons. The molecule has 12 heavy (non-hydrogen) atoms. The predicted octanol–water partition coefficient (Wildman–Crippen LogP) is 3.07. The number of alkyl halides is 1. The average Bonchev–Trinajstić information content (AvgIpc) is 2.51. The van der Waals surface area contributed by atoms with Gasteiger partial charge in [0.1, 0.15) is 0 Å². The van der Waals surface area contributed by atoms with Crippen LogP contribution in [0.1, 0.15) is 33.1 Å². The van der Waals surface area contributed by atoms with Crippen molar-refractivity contribution in [2.75, 3.05) is 12.5 Å². The van der Waals surface area contributed by atoms with Gasteiger partial charge in [-0.1, -0.05) is 13.8 Å². The largest absolute Gasteiger partial charge is 0.378 e. The summed E-state index contributed by atoms with van der Waals surface area (Å²) >= 11 is 5.89. The number of hydrogen-bond donors (Lipinski definition) is 0. The van der Waals surface area contributed by atoms with Crippen LogP contribution >= 0.6 is 11.6 Å². The van der Waals surface area contributed by atoms with Crippen LogP contribution in [0.2, 0.25) is 0 Å². The summed E-state index contributed by atoms with van der Waals surface area (Å²) in [5, 5.41) is 0. The van der Waals surface area contributed by atoms with Gasteiger partial charge in [-0.15, -0.1) is 11.6 Å². The lowest BCUT2D eigenvalue weighted by molar-refractivity contribution is 0.0858. The average molecular weight is 191 g/mol. The molecule has 0 aromatic carbocycles. The smallest absolute Gasteiger partial charge is 0.0579 e. The maximum atomic E-state index is 5.89. The van der Waals surface area contributed by atoms with E-state index in [1.165, 1.54) is 12.8 Å². The molecule has 1 fully saturated rings. The van der Waals surface area contributed by atoms with Crippen molar-refractivity contribution in [3.05, 3.63) is 0 Å². The third kappa shape index (κ3) is 2.95. The molecule has 0 aromatic heterocycles. The minimum atomic E-state index is 0.496. The molecule has 1 nitrogen and oxygen atoms in total. The van der Waals surface area contributed by atoms with Crippen molar-refractivity contribution >= 4 is 11.6 Å². The van der Waals surface area contributed by atoms with Crippen molar-refractivity contribution < 1.29 is 4.74 Å². The van der Waals surface area contributed by atoms with E-state index < -0.39 is 0 Å². The molecule has 1 heterocycles. The molecular weight excluding hydrogens is 172 g/mol. The molecule has 2 heteroatoms. The summed E-state index contributed by atoms with van der Waals surface area (Å²) in [7, 11) is 0. The lowest BCUT2D eigenvalue weighted by Crippen LogP contribution is -2.18. The SMILES string of the molecule is CC(C)C(CCl)C[C@H]1CCCO1. The van der Waals surface area contributed by atoms with E-state index in [4.69, 9.17) is 16.3 Å². The van der Waals surface area contributed by atoms with Gasteiger partial charge in [-0.2, -0.15) is 0 Å². The molecule has 1 aliphatic rings. The Labute approximate surface area is 80.4 Å². The Kier molecular flexibility index (Phi) is 4.38. The van der Waals surface area contributed by atoms with Crippen LogP contribution in [0.5, 0.6) is 0 Å². The van der Waals surface area contributed by atoms with Gasteiger partial charge in [0.05, 0.1) is 6.10 Å². The number of hydrogen-bond acceptors (Lipinski definition) is 1. The standard InChI is InChI=1S/C10H19ClO/c1-8(2)9(7-11)6-10-4-3-5-12-10/h8-10H,3-7H2,1-2H3/t9?,10-/m1/s1. The zero-order valence-electron chi connectivity index (χ0n) is 8.05. The van der Waals surface area contributed by atoms with Crippen LogP contribution in [0.25, 0.3) is 0 Å². The molecule has 0 saturated carbocycles. The van der Waals surface area contributed by atoms with Crippen molar-refractivity contribution in [2.45, 2.75) is 39.2 Å². The topological polar surface area (TPSA) is 9.23 Å². The quantitative estimate of drug-likeness (QED) is 0.620. The summed E-state index contributed by atoms with van der Waals surface area (Å²) in [6, 6.07) is 0. The second kappa shape index (κ2) is 5.08. The van der Waals surface area contributed by atoms with Crippen LogP contribution in [-0.4, -0.2) is 18.6 Å². The molecule has 0 bridgehead atoms. The van der Waals surface area contributed by atoms with Crippen LogP contribution in [0.15, 0.2) is 0 Å². The van der Waals surface area contributed by atoms with Crippen LogP contribution < -0.4 is 0 Å². The molecule has 72 valence electrons. The summed E-state index contributed by atoms with van der Waals surface area (Å²) < 4.78 is 5.58. The summed E-state index contributed by atoms with van der Waals surface area (Å²) in [5.74, 6) is 2.10. The summed E-state index contributed by atoms with van der Waals surface area (Å²) in [6.45, 7) is 5.43. The van der Waals surface area contributed by atoms with E-state index in [0.29, 0.717) is 17.9 Å². The second-order valence-corrected chi connectivity index (χ2v) is 4.34. The van der Waals surface area contributed by atoms with Gasteiger partial charge < -0.3 is 4.74 Å². The van der Waals surface area contributed by atoms with Crippen LogP contribution in [0.4, 0.5) is 0 Å². The Morgan fingerprint density at radius 2 is 2.25 bits per heavy atom. The fourth-order valence-corrected chi connectivity index (χ4v) is 2.16. The zero-order chi connectivity index (χ0) is 8.97. The lowest BCUT2D eigenvalue weighted by atomic mass is 9.91. The first-order valence-electron chi connectivity index (χ1n) is 4.91. The molecule has 2 atom stereocenters. The Bertz CT molecular complexity index is 119. The maximum absolute atomic E-state index is 5.89. The third-order valence-corrected chi connectivity index (χ3v) is 3.13. The lowest BCUT2D eigenvalue weighted by Gasteiger charge is -2.21. The maximum Gasteiger partial charge on any atom is 0.0579 e. The molecule has 0 N–H and O–H groups in total. The monoisotopic (exact) mass is 190 g/mol. The molecule has 0 amide bonds. The molecule has 1 unspecified atom stereocenters. The fourth-order valence-electron chi connectivity index (χ4n) is 1.68. The zero-order valence-corrected chi connectivity index (χ0v) is 8.81. The van der Waals surface area contributed by atoms with E-state index in [9.17, 15) is 0 Å². The number of halogens is 1. The molecule has 0 aliphatic carbocycles. The van der Waals surface area contributed by atoms with Crippen molar-refractivity contribution in [1.82, 2.24) is 0 Å². The summed E-state index contributed by atoms with van der Waals surface area (Å²) in [4.78, 5) is 0. The van der Waals surface area contributed by atoms with E-state index in [0.717, 1.165) is 18.9 Å². The normalized spacial score (nSPS) is 26.5. The number of ether oxygens (including phenoxy) is 1. The van der Waals surface area contributed by atoms with Crippen molar-refractivity contribution in [2.24, 2.45) is 11.8 Å². The minimum absolute atomic E-state index is 0.496. The van der Waals surface area contributed by atoms with Gasteiger partial charge in [-0.25, -0.2) is 0 Å². The Morgan fingerprint density at radius 1 is 1.50 bits per heavy atom. The van der Waals surface area contributed by atoms with Gasteiger partial charge in [0.2, 0.25) is 0 Å². The van der Waals surface area contributed by atoms with Crippen molar-refractivity contribution in [3.8, 4) is 0 Å². The molecule has 1 rings (SSSR count). The van der Waals surface area contributed by atoms with E-state index in [1.54, 1.807) is 0 Å². The summed E-state index contributed by atoms with van der Waals surface area (Å²) in [6.07, 6.45) is 4.12. The molecular formula is C10H19ClO. The van der Waals surface area contributed by atoms with E-state index in [-0.39, 0.29) is 0 Å². The molecule has 0 spiro atoms. The van der Waals surface area contributed by atoms with Crippen LogP contribution in [0.3, 0.4) is 0 Å². The fraction of sp³-hybridized carbons (Fsp3) is 1.00. The summed E-state index contributed by atoms with van der Waals surface area (Å²) in [5.41, 5.74) is 0. The highest BCUT2D eigenvalue weighted by Crippen LogP contribution is 2.25. The molecule has 0 aromatic rings. The highest BCUT2D eigenvalue weighted by molar-refractivity contribution is 6.18. The third-order valence-electron chi connectivity index (χ3n) is 2.73. The highest BCUT2D eigenvalue weighted by Gasteiger charge is 2.21. The van der Waals surface area contributed by atoms with Crippen LogP contribution in [-0.2, 0) is 4.74 Å². The van der Waals surface area contributed by atoms with Crippen LogP contribution in [0, 0.1) is 11.8 Å². The molecule has 1 aliphatic heterocycles. The molecule has 1 saturated heterocycles. The predicted molar refractivity (Wildman–Crippen MR) is 52.6 cm³/mol. The van der Waals surface area contributed by atoms with Crippen molar-refractivity contribution in [1.29, 1.82) is 0 Å². The van der Waals surface area contributed by atoms with Gasteiger partial charge in [0, 0.05) is 12.5 Å². The van der Waals surface area contributed by atoms with Gasteiger partial charge in [0.15, 0.2) is 0 Å². The Balaban J connectivity index is 2.26. The van der Waals surface area contributed by atoms with E-state index >= 15 is 0 Å². The van der Waals surface area contributed by atoms with Gasteiger partial charge in [0.25, 0.3) is 0 Å². The van der Waals surface area contributed by atoms with Gasteiger partial charge >= 0.3 is 0 Å². The number of rotatable bonds is 4. The Morgan fingerprint density at radius 3 is 2.67 bits per heavy atom. The van der Waals surface area contributed by atoms with E-state index in [2.05, 4.69) is 13.8 Å². The van der Waals surface area contributed by atoms with Gasteiger partial charge in [-0.05, 0) is 31.1 Å². The highest BCUT2D eigenvalue weighted by atomic mass is 35.5. The van der Waals surface area contributed by atoms with Crippen molar-refractivity contribution in [3.63, 3.8) is 0 Å². The first-order chi connectivity index (χ1) is 5.74.